The van der Waals surface area contributed by atoms with Crippen molar-refractivity contribution in [1.82, 2.24) is 0 Å². The van der Waals surface area contributed by atoms with Crippen molar-refractivity contribution < 1.29 is 0 Å². The molecule has 0 spiro atoms. The molecule has 10 rings (SSSR count). The van der Waals surface area contributed by atoms with Gasteiger partial charge in [0.2, 0.25) is 0 Å². The standard InChI is InChI=1S/C55H47N/c1-34-16-14-17-35(2)51(34)45-32-40(39-27-26-37-18-8-9-19-38(37)31-39)30-36(3)53(45)56(41-28-29-43-42-20-10-12-22-46(42)55(6,7)49(43)33-41)50-25-15-24-48-52(50)44-21-11-13-23-47(44)54(48,4)5/h8-33H,1-7H3. The Morgan fingerprint density at radius 2 is 0.982 bits per heavy atom. The highest BCUT2D eigenvalue weighted by Crippen LogP contribution is 2.57. The van der Waals surface area contributed by atoms with Gasteiger partial charge in [0.05, 0.1) is 11.4 Å². The molecule has 0 amide bonds. The molecular weight excluding hydrogens is 675 g/mol. The molecule has 0 radical (unpaired) electrons. The van der Waals surface area contributed by atoms with Gasteiger partial charge in [0.25, 0.3) is 0 Å². The highest BCUT2D eigenvalue weighted by molar-refractivity contribution is 6.01. The third kappa shape index (κ3) is 5.00. The zero-order valence-corrected chi connectivity index (χ0v) is 33.5. The molecule has 2 aliphatic carbocycles. The van der Waals surface area contributed by atoms with Crippen molar-refractivity contribution in [1.29, 1.82) is 0 Å². The minimum atomic E-state index is -0.134. The predicted octanol–water partition coefficient (Wildman–Crippen LogP) is 15.2. The van der Waals surface area contributed by atoms with Gasteiger partial charge in [-0.05, 0) is 140 Å². The van der Waals surface area contributed by atoms with Crippen molar-refractivity contribution in [2.24, 2.45) is 0 Å². The van der Waals surface area contributed by atoms with Gasteiger partial charge in [-0.2, -0.15) is 0 Å². The molecular formula is C55H47N. The number of aryl methyl sites for hydroxylation is 3. The van der Waals surface area contributed by atoms with Crippen LogP contribution in [0.1, 0.15) is 66.6 Å². The molecule has 0 unspecified atom stereocenters. The Morgan fingerprint density at radius 1 is 0.375 bits per heavy atom. The third-order valence-electron chi connectivity index (χ3n) is 13.0. The lowest BCUT2D eigenvalue weighted by molar-refractivity contribution is 0.660. The first-order valence-corrected chi connectivity index (χ1v) is 20.0. The predicted molar refractivity (Wildman–Crippen MR) is 239 cm³/mol. The van der Waals surface area contributed by atoms with Crippen molar-refractivity contribution in [3.8, 4) is 44.5 Å². The van der Waals surface area contributed by atoms with E-state index in [1.165, 1.54) is 111 Å². The number of benzene rings is 8. The summed E-state index contributed by atoms with van der Waals surface area (Å²) in [5.74, 6) is 0. The molecule has 1 nitrogen and oxygen atoms in total. The largest absolute Gasteiger partial charge is 0.309 e. The third-order valence-corrected chi connectivity index (χ3v) is 13.0. The monoisotopic (exact) mass is 721 g/mol. The molecule has 2 aliphatic rings. The normalized spacial score (nSPS) is 14.3. The second-order valence-corrected chi connectivity index (χ2v) is 17.1. The van der Waals surface area contributed by atoms with Crippen LogP contribution in [0.5, 0.6) is 0 Å². The van der Waals surface area contributed by atoms with Crippen LogP contribution in [0.15, 0.2) is 158 Å². The minimum absolute atomic E-state index is 0.125. The Labute approximate surface area is 331 Å². The van der Waals surface area contributed by atoms with Crippen molar-refractivity contribution in [2.75, 3.05) is 4.90 Å². The van der Waals surface area contributed by atoms with Crippen molar-refractivity contribution in [3.63, 3.8) is 0 Å². The molecule has 0 fully saturated rings. The second-order valence-electron chi connectivity index (χ2n) is 17.1. The van der Waals surface area contributed by atoms with Gasteiger partial charge in [-0.15, -0.1) is 0 Å². The maximum atomic E-state index is 2.61. The lowest BCUT2D eigenvalue weighted by atomic mass is 9.82. The Bertz CT molecular complexity index is 2880. The maximum absolute atomic E-state index is 2.61. The van der Waals surface area contributed by atoms with Crippen LogP contribution in [0, 0.1) is 20.8 Å². The molecule has 0 N–H and O–H groups in total. The summed E-state index contributed by atoms with van der Waals surface area (Å²) in [7, 11) is 0. The van der Waals surface area contributed by atoms with E-state index < -0.39 is 0 Å². The summed E-state index contributed by atoms with van der Waals surface area (Å²) >= 11 is 0. The van der Waals surface area contributed by atoms with Crippen LogP contribution < -0.4 is 4.90 Å². The summed E-state index contributed by atoms with van der Waals surface area (Å²) in [5, 5.41) is 2.51. The van der Waals surface area contributed by atoms with Crippen LogP contribution in [-0.2, 0) is 10.8 Å². The molecule has 0 aliphatic heterocycles. The fourth-order valence-electron chi connectivity index (χ4n) is 10.2. The Hall–Kier alpha value is -6.18. The molecule has 8 aromatic carbocycles. The van der Waals surface area contributed by atoms with E-state index in [0.717, 1.165) is 0 Å². The summed E-state index contributed by atoms with van der Waals surface area (Å²) in [6, 6.07) is 59.4. The summed E-state index contributed by atoms with van der Waals surface area (Å²) in [6.07, 6.45) is 0. The van der Waals surface area contributed by atoms with Crippen LogP contribution in [0.4, 0.5) is 17.1 Å². The van der Waals surface area contributed by atoms with Crippen LogP contribution in [0.25, 0.3) is 55.3 Å². The lowest BCUT2D eigenvalue weighted by Crippen LogP contribution is -2.18. The molecule has 0 aromatic heterocycles. The fourth-order valence-corrected chi connectivity index (χ4v) is 10.2. The van der Waals surface area contributed by atoms with Gasteiger partial charge in [0.1, 0.15) is 0 Å². The van der Waals surface area contributed by atoms with E-state index in [9.17, 15) is 0 Å². The highest BCUT2D eigenvalue weighted by atomic mass is 15.2. The molecule has 56 heavy (non-hydrogen) atoms. The quantitative estimate of drug-likeness (QED) is 0.171. The first kappa shape index (κ1) is 34.3. The van der Waals surface area contributed by atoms with E-state index in [1.807, 2.05) is 0 Å². The Kier molecular flexibility index (Phi) is 7.61. The lowest BCUT2D eigenvalue weighted by Gasteiger charge is -2.34. The summed E-state index contributed by atoms with van der Waals surface area (Å²) in [5.41, 5.74) is 22.9. The van der Waals surface area contributed by atoms with Gasteiger partial charge in [-0.1, -0.05) is 149 Å². The zero-order valence-electron chi connectivity index (χ0n) is 33.5. The van der Waals surface area contributed by atoms with Crippen molar-refractivity contribution >= 4 is 27.8 Å². The van der Waals surface area contributed by atoms with Gasteiger partial charge >= 0.3 is 0 Å². The van der Waals surface area contributed by atoms with Crippen LogP contribution in [0.3, 0.4) is 0 Å². The molecule has 0 saturated heterocycles. The minimum Gasteiger partial charge on any atom is -0.309 e. The van der Waals surface area contributed by atoms with Gasteiger partial charge in [0.15, 0.2) is 0 Å². The molecule has 0 heterocycles. The highest BCUT2D eigenvalue weighted by Gasteiger charge is 2.40. The number of rotatable bonds is 5. The first-order valence-electron chi connectivity index (χ1n) is 20.0. The van der Waals surface area contributed by atoms with Gasteiger partial charge < -0.3 is 4.90 Å². The molecule has 0 atom stereocenters. The number of hydrogen-bond donors (Lipinski definition) is 0. The second kappa shape index (κ2) is 12.4. The SMILES string of the molecule is Cc1cccc(C)c1-c1cc(-c2ccc3ccccc3c2)cc(C)c1N(c1ccc2c(c1)C(C)(C)c1ccccc1-2)c1cccc2c1-c1ccccc1C2(C)C. The summed E-state index contributed by atoms with van der Waals surface area (Å²) in [4.78, 5) is 2.61. The van der Waals surface area contributed by atoms with Gasteiger partial charge in [0, 0.05) is 27.6 Å². The van der Waals surface area contributed by atoms with Gasteiger partial charge in [-0.25, -0.2) is 0 Å². The average Bonchev–Trinajstić information content (AvgIpc) is 3.58. The number of anilines is 3. The van der Waals surface area contributed by atoms with E-state index in [-0.39, 0.29) is 10.8 Å². The van der Waals surface area contributed by atoms with E-state index in [0.29, 0.717) is 0 Å². The van der Waals surface area contributed by atoms with E-state index in [1.54, 1.807) is 0 Å². The van der Waals surface area contributed by atoms with E-state index >= 15 is 0 Å². The number of nitrogens with zero attached hydrogens (tertiary/aromatic N) is 1. The van der Waals surface area contributed by atoms with Crippen molar-refractivity contribution in [3.05, 3.63) is 197 Å². The molecule has 1 heteroatoms. The van der Waals surface area contributed by atoms with Crippen molar-refractivity contribution in [2.45, 2.75) is 59.3 Å². The Morgan fingerprint density at radius 3 is 1.75 bits per heavy atom. The number of fused-ring (bicyclic) bond motifs is 7. The fraction of sp³-hybridized carbons (Fsp3) is 0.164. The summed E-state index contributed by atoms with van der Waals surface area (Å²) in [6.45, 7) is 16.4. The van der Waals surface area contributed by atoms with E-state index in [4.69, 9.17) is 0 Å². The van der Waals surface area contributed by atoms with Gasteiger partial charge in [-0.3, -0.25) is 0 Å². The van der Waals surface area contributed by atoms with Crippen LogP contribution >= 0.6 is 0 Å². The Balaban J connectivity index is 1.30. The molecule has 0 bridgehead atoms. The maximum Gasteiger partial charge on any atom is 0.0570 e. The summed E-state index contributed by atoms with van der Waals surface area (Å²) < 4.78 is 0. The topological polar surface area (TPSA) is 3.24 Å². The van der Waals surface area contributed by atoms with Crippen LogP contribution in [-0.4, -0.2) is 0 Å². The molecule has 0 saturated carbocycles. The molecule has 8 aromatic rings. The van der Waals surface area contributed by atoms with E-state index in [2.05, 4.69) is 211 Å². The number of hydrogen-bond acceptors (Lipinski definition) is 1. The molecule has 272 valence electrons. The zero-order chi connectivity index (χ0) is 38.5. The first-order chi connectivity index (χ1) is 27.0. The smallest absolute Gasteiger partial charge is 0.0570 e. The van der Waals surface area contributed by atoms with Crippen LogP contribution in [0.2, 0.25) is 0 Å². The average molecular weight is 722 g/mol.